The molecule has 1 rings (SSSR count). The Bertz CT molecular complexity index is 229. The zero-order chi connectivity index (χ0) is 12.8. The van der Waals surface area contributed by atoms with Crippen molar-refractivity contribution in [1.82, 2.24) is 0 Å². The van der Waals surface area contributed by atoms with Crippen molar-refractivity contribution in [2.75, 3.05) is 7.11 Å². The summed E-state index contributed by atoms with van der Waals surface area (Å²) >= 11 is 0. The van der Waals surface area contributed by atoms with Gasteiger partial charge in [0, 0.05) is 0 Å². The van der Waals surface area contributed by atoms with E-state index >= 15 is 0 Å². The predicted octanol–water partition coefficient (Wildman–Crippen LogP) is 5.23. The molecule has 0 aliphatic carbocycles. The summed E-state index contributed by atoms with van der Waals surface area (Å²) in [6.45, 7) is 10.5. The molecule has 0 heterocycles. The Morgan fingerprint density at radius 3 is 1.75 bits per heavy atom. The minimum Gasteiger partial charge on any atom is -0.496 e. The highest BCUT2D eigenvalue weighted by Crippen LogP contribution is 2.14. The van der Waals surface area contributed by atoms with Crippen LogP contribution >= 0.6 is 0 Å². The lowest BCUT2D eigenvalue weighted by Crippen LogP contribution is -1.84. The van der Waals surface area contributed by atoms with E-state index in [2.05, 4.69) is 13.8 Å². The standard InChI is InChI=1S/C8H10O.C5H12.C2H6/c1-7-5-3-4-6-8(7)9-2;1-3-5-4-2;1-2/h3-6H,1-2H3;3-5H2,1-2H3;1-2H3. The maximum atomic E-state index is 5.04. The summed E-state index contributed by atoms with van der Waals surface area (Å²) in [5.74, 6) is 0.956. The van der Waals surface area contributed by atoms with Gasteiger partial charge in [0.2, 0.25) is 0 Å². The third-order valence-corrected chi connectivity index (χ3v) is 2.02. The van der Waals surface area contributed by atoms with Crippen molar-refractivity contribution in [1.29, 1.82) is 0 Å². The molecule has 0 aliphatic heterocycles. The average molecular weight is 224 g/mol. The molecule has 0 N–H and O–H groups in total. The Morgan fingerprint density at radius 1 is 1.00 bits per heavy atom. The quantitative estimate of drug-likeness (QED) is 0.683. The van der Waals surface area contributed by atoms with E-state index in [9.17, 15) is 0 Å². The van der Waals surface area contributed by atoms with Gasteiger partial charge in [-0.3, -0.25) is 0 Å². The van der Waals surface area contributed by atoms with Crippen molar-refractivity contribution >= 4 is 0 Å². The monoisotopic (exact) mass is 224 g/mol. The third kappa shape index (κ3) is 9.57. The molecule has 0 atom stereocenters. The van der Waals surface area contributed by atoms with Crippen molar-refractivity contribution in [2.45, 2.75) is 53.9 Å². The van der Waals surface area contributed by atoms with E-state index in [1.807, 2.05) is 45.0 Å². The van der Waals surface area contributed by atoms with E-state index in [0.29, 0.717) is 0 Å². The summed E-state index contributed by atoms with van der Waals surface area (Å²) in [6, 6.07) is 7.94. The van der Waals surface area contributed by atoms with Gasteiger partial charge in [0.15, 0.2) is 0 Å². The second-order valence-corrected chi connectivity index (χ2v) is 3.32. The molecule has 16 heavy (non-hydrogen) atoms. The number of aryl methyl sites for hydroxylation is 1. The first-order chi connectivity index (χ1) is 7.76. The van der Waals surface area contributed by atoms with E-state index < -0.39 is 0 Å². The lowest BCUT2D eigenvalue weighted by atomic mass is 10.2. The van der Waals surface area contributed by atoms with Crippen LogP contribution in [0.1, 0.15) is 52.5 Å². The number of hydrogen-bond donors (Lipinski definition) is 0. The number of methoxy groups -OCH3 is 1. The zero-order valence-corrected chi connectivity index (χ0v) is 11.8. The molecule has 1 aromatic carbocycles. The van der Waals surface area contributed by atoms with E-state index in [1.54, 1.807) is 7.11 Å². The molecule has 1 aromatic rings. The predicted molar refractivity (Wildman–Crippen MR) is 74.3 cm³/mol. The van der Waals surface area contributed by atoms with Gasteiger partial charge in [0.25, 0.3) is 0 Å². The SMILES string of the molecule is CC.CCCCC.COc1ccccc1C. The molecule has 0 radical (unpaired) electrons. The van der Waals surface area contributed by atoms with Gasteiger partial charge >= 0.3 is 0 Å². The molecule has 0 saturated carbocycles. The van der Waals surface area contributed by atoms with Crippen molar-refractivity contribution in [3.63, 3.8) is 0 Å². The van der Waals surface area contributed by atoms with E-state index in [4.69, 9.17) is 4.74 Å². The van der Waals surface area contributed by atoms with Gasteiger partial charge in [-0.05, 0) is 18.6 Å². The van der Waals surface area contributed by atoms with Crippen molar-refractivity contribution in [3.8, 4) is 5.75 Å². The van der Waals surface area contributed by atoms with Gasteiger partial charge in [-0.15, -0.1) is 0 Å². The number of hydrogen-bond acceptors (Lipinski definition) is 1. The maximum Gasteiger partial charge on any atom is 0.121 e. The molecule has 0 aromatic heterocycles. The molecule has 0 fully saturated rings. The van der Waals surface area contributed by atoms with Crippen LogP contribution in [0.3, 0.4) is 0 Å². The normalized spacial score (nSPS) is 8.12. The second kappa shape index (κ2) is 14.0. The molecule has 0 amide bonds. The molecule has 0 bridgehead atoms. The topological polar surface area (TPSA) is 9.23 Å². The summed E-state index contributed by atoms with van der Waals surface area (Å²) in [5.41, 5.74) is 1.18. The van der Waals surface area contributed by atoms with Crippen LogP contribution < -0.4 is 4.74 Å². The Kier molecular flexibility index (Phi) is 15.3. The maximum absolute atomic E-state index is 5.04. The van der Waals surface area contributed by atoms with Crippen LogP contribution in [0.2, 0.25) is 0 Å². The Labute approximate surface area is 102 Å². The molecule has 0 unspecified atom stereocenters. The van der Waals surface area contributed by atoms with E-state index in [-0.39, 0.29) is 0 Å². The van der Waals surface area contributed by atoms with Crippen molar-refractivity contribution < 1.29 is 4.74 Å². The van der Waals surface area contributed by atoms with Crippen molar-refractivity contribution in [2.24, 2.45) is 0 Å². The first-order valence-electron chi connectivity index (χ1n) is 6.35. The Morgan fingerprint density at radius 2 is 1.50 bits per heavy atom. The fourth-order valence-corrected chi connectivity index (χ4v) is 1.14. The second-order valence-electron chi connectivity index (χ2n) is 3.32. The first-order valence-corrected chi connectivity index (χ1v) is 6.35. The minimum absolute atomic E-state index is 0.956. The first kappa shape index (κ1) is 17.4. The van der Waals surface area contributed by atoms with Crippen LogP contribution in [0.4, 0.5) is 0 Å². The number of rotatable bonds is 3. The highest BCUT2D eigenvalue weighted by molar-refractivity contribution is 5.31. The van der Waals surface area contributed by atoms with E-state index in [1.165, 1.54) is 24.8 Å². The number of ether oxygens (including phenoxy) is 1. The Hall–Kier alpha value is -0.980. The third-order valence-electron chi connectivity index (χ3n) is 2.02. The summed E-state index contributed by atoms with van der Waals surface area (Å²) in [4.78, 5) is 0. The lowest BCUT2D eigenvalue weighted by Gasteiger charge is -2.00. The minimum atomic E-state index is 0.956. The van der Waals surface area contributed by atoms with Gasteiger partial charge in [-0.2, -0.15) is 0 Å². The lowest BCUT2D eigenvalue weighted by molar-refractivity contribution is 0.411. The fraction of sp³-hybridized carbons (Fsp3) is 0.600. The van der Waals surface area contributed by atoms with Crippen LogP contribution in [-0.2, 0) is 0 Å². The smallest absolute Gasteiger partial charge is 0.121 e. The number of para-hydroxylation sites is 1. The average Bonchev–Trinajstić information content (AvgIpc) is 2.34. The van der Waals surface area contributed by atoms with Gasteiger partial charge in [0.1, 0.15) is 5.75 Å². The molecule has 0 saturated heterocycles. The Balaban J connectivity index is 0. The molecule has 94 valence electrons. The summed E-state index contributed by atoms with van der Waals surface area (Å²) in [7, 11) is 1.68. The highest BCUT2D eigenvalue weighted by Gasteiger charge is 1.90. The van der Waals surface area contributed by atoms with Gasteiger partial charge in [-0.25, -0.2) is 0 Å². The van der Waals surface area contributed by atoms with Gasteiger partial charge in [0.05, 0.1) is 7.11 Å². The molecule has 1 heteroatoms. The van der Waals surface area contributed by atoms with Crippen LogP contribution in [-0.4, -0.2) is 7.11 Å². The number of unbranched alkanes of at least 4 members (excludes halogenated alkanes) is 2. The van der Waals surface area contributed by atoms with Gasteiger partial charge < -0.3 is 4.74 Å². The molecule has 0 spiro atoms. The van der Waals surface area contributed by atoms with Crippen molar-refractivity contribution in [3.05, 3.63) is 29.8 Å². The molecular formula is C15H28O. The molecule has 1 nitrogen and oxygen atoms in total. The van der Waals surface area contributed by atoms with Gasteiger partial charge in [-0.1, -0.05) is 65.2 Å². The summed E-state index contributed by atoms with van der Waals surface area (Å²) in [6.07, 6.45) is 4.08. The largest absolute Gasteiger partial charge is 0.496 e. The van der Waals surface area contributed by atoms with Crippen LogP contribution in [0.15, 0.2) is 24.3 Å². The van der Waals surface area contributed by atoms with Crippen LogP contribution in [0.25, 0.3) is 0 Å². The summed E-state index contributed by atoms with van der Waals surface area (Å²) in [5, 5.41) is 0. The van der Waals surface area contributed by atoms with Crippen LogP contribution in [0.5, 0.6) is 5.75 Å². The van der Waals surface area contributed by atoms with E-state index in [0.717, 1.165) is 5.75 Å². The van der Waals surface area contributed by atoms with Crippen LogP contribution in [0, 0.1) is 6.92 Å². The highest BCUT2D eigenvalue weighted by atomic mass is 16.5. The fourth-order valence-electron chi connectivity index (χ4n) is 1.14. The molecular weight excluding hydrogens is 196 g/mol. The molecule has 0 aliphatic rings. The summed E-state index contributed by atoms with van der Waals surface area (Å²) < 4.78 is 5.04. The number of benzene rings is 1. The zero-order valence-electron chi connectivity index (χ0n) is 11.8.